The summed E-state index contributed by atoms with van der Waals surface area (Å²) in [6.45, 7) is 0. The first-order valence-corrected chi connectivity index (χ1v) is 8.69. The van der Waals surface area contributed by atoms with E-state index in [9.17, 15) is 5.11 Å². The molecule has 26 heavy (non-hydrogen) atoms. The van der Waals surface area contributed by atoms with Crippen molar-refractivity contribution in [1.82, 2.24) is 14.9 Å². The molecular formula is C17H18N6O2S. The van der Waals surface area contributed by atoms with Crippen LogP contribution in [0.15, 0.2) is 58.8 Å². The maximum atomic E-state index is 9.75. The van der Waals surface area contributed by atoms with E-state index in [-0.39, 0.29) is 5.75 Å². The topological polar surface area (TPSA) is 111 Å². The largest absolute Gasteiger partial charge is 0.504 e. The van der Waals surface area contributed by atoms with Crippen molar-refractivity contribution in [3.8, 4) is 11.5 Å². The number of ether oxygens (including phenoxy) is 1. The Kier molecular flexibility index (Phi) is 5.59. The van der Waals surface area contributed by atoms with Crippen molar-refractivity contribution in [2.24, 2.45) is 5.10 Å². The minimum Gasteiger partial charge on any atom is -0.504 e. The second-order valence-electron chi connectivity index (χ2n) is 5.25. The van der Waals surface area contributed by atoms with Crippen LogP contribution in [-0.2, 0) is 5.75 Å². The number of rotatable bonds is 7. The van der Waals surface area contributed by atoms with Gasteiger partial charge in [-0.25, -0.2) is 10.1 Å². The van der Waals surface area contributed by atoms with Crippen molar-refractivity contribution in [3.63, 3.8) is 0 Å². The minimum absolute atomic E-state index is 0.0399. The Balaban J connectivity index is 1.60. The molecule has 8 nitrogen and oxygen atoms in total. The van der Waals surface area contributed by atoms with Crippen LogP contribution in [0, 0.1) is 0 Å². The predicted molar refractivity (Wildman–Crippen MR) is 102 cm³/mol. The van der Waals surface area contributed by atoms with Crippen LogP contribution in [0.5, 0.6) is 11.5 Å². The first kappa shape index (κ1) is 17.6. The molecule has 9 heteroatoms. The third kappa shape index (κ3) is 4.25. The van der Waals surface area contributed by atoms with Gasteiger partial charge in [-0.15, -0.1) is 10.2 Å². The molecule has 134 valence electrons. The molecule has 0 aliphatic heterocycles. The van der Waals surface area contributed by atoms with E-state index in [0.717, 1.165) is 5.75 Å². The third-order valence-corrected chi connectivity index (χ3v) is 4.47. The summed E-state index contributed by atoms with van der Waals surface area (Å²) in [5.41, 5.74) is 4.60. The molecule has 0 atom stereocenters. The molecule has 0 amide bonds. The number of hydrogen-bond acceptors (Lipinski definition) is 8. The van der Waals surface area contributed by atoms with Gasteiger partial charge >= 0.3 is 0 Å². The quantitative estimate of drug-likeness (QED) is 0.253. The number of nitrogen functional groups attached to an aromatic ring is 1. The fraction of sp³-hybridized carbons (Fsp3) is 0.118. The number of hydrogen-bond donors (Lipinski definition) is 3. The summed E-state index contributed by atoms with van der Waals surface area (Å²) in [5, 5.41) is 22.4. The van der Waals surface area contributed by atoms with E-state index in [4.69, 9.17) is 10.6 Å². The second-order valence-corrected chi connectivity index (χ2v) is 6.19. The average molecular weight is 370 g/mol. The number of benzene rings is 2. The number of aromatic nitrogens is 3. The van der Waals surface area contributed by atoms with Crippen LogP contribution in [0.4, 0.5) is 5.95 Å². The Hall–Kier alpha value is -3.20. The molecular weight excluding hydrogens is 352 g/mol. The van der Waals surface area contributed by atoms with E-state index < -0.39 is 0 Å². The maximum Gasteiger partial charge on any atom is 0.264 e. The fourth-order valence-electron chi connectivity index (χ4n) is 2.13. The molecule has 3 rings (SSSR count). The highest BCUT2D eigenvalue weighted by molar-refractivity contribution is 7.98. The van der Waals surface area contributed by atoms with Crippen LogP contribution < -0.4 is 16.0 Å². The van der Waals surface area contributed by atoms with Gasteiger partial charge in [-0.05, 0) is 29.3 Å². The van der Waals surface area contributed by atoms with Crippen LogP contribution in [0.3, 0.4) is 0 Å². The molecule has 4 N–H and O–H groups in total. The number of methoxy groups -OCH3 is 1. The lowest BCUT2D eigenvalue weighted by molar-refractivity contribution is 0.373. The number of nitrogens with one attached hydrogen (secondary N) is 1. The summed E-state index contributed by atoms with van der Waals surface area (Å²) in [4.78, 5) is 0. The number of hydrazone groups is 1. The van der Waals surface area contributed by atoms with Gasteiger partial charge < -0.3 is 15.7 Å². The number of nitrogens with two attached hydrogens (primary N) is 1. The monoisotopic (exact) mass is 370 g/mol. The number of aromatic hydroxyl groups is 1. The third-order valence-electron chi connectivity index (χ3n) is 3.46. The van der Waals surface area contributed by atoms with Crippen LogP contribution >= 0.6 is 11.8 Å². The van der Waals surface area contributed by atoms with E-state index in [1.807, 2.05) is 30.3 Å². The van der Waals surface area contributed by atoms with Gasteiger partial charge in [0.15, 0.2) is 11.5 Å². The summed E-state index contributed by atoms with van der Waals surface area (Å²) < 4.78 is 6.34. The number of thioether (sulfide) groups is 1. The molecule has 0 aliphatic carbocycles. The van der Waals surface area contributed by atoms with Crippen LogP contribution in [0.2, 0.25) is 0 Å². The highest BCUT2D eigenvalue weighted by atomic mass is 32.2. The summed E-state index contributed by atoms with van der Waals surface area (Å²) in [6, 6.07) is 15.0. The standard InChI is InChI=1S/C17H18N6O2S/c1-25-15-8-7-13(9-14(15)24)10-19-20-16-21-22-17(23(16)18)26-11-12-5-3-2-4-6-12/h2-10,24H,11,18H2,1H3,(H,20,21)/b19-10+. The lowest BCUT2D eigenvalue weighted by Gasteiger charge is -2.04. The number of phenols is 1. The van der Waals surface area contributed by atoms with Crippen LogP contribution in [0.25, 0.3) is 0 Å². The van der Waals surface area contributed by atoms with Gasteiger partial charge in [0.25, 0.3) is 5.95 Å². The molecule has 0 unspecified atom stereocenters. The number of phenolic OH excluding ortho intramolecular Hbond substituents is 1. The van der Waals surface area contributed by atoms with E-state index >= 15 is 0 Å². The lowest BCUT2D eigenvalue weighted by Crippen LogP contribution is -2.13. The lowest BCUT2D eigenvalue weighted by atomic mass is 10.2. The smallest absolute Gasteiger partial charge is 0.264 e. The van der Waals surface area contributed by atoms with Gasteiger partial charge in [0.2, 0.25) is 5.16 Å². The highest BCUT2D eigenvalue weighted by Crippen LogP contribution is 2.25. The molecule has 1 heterocycles. The van der Waals surface area contributed by atoms with Crippen molar-refractivity contribution >= 4 is 23.9 Å². The molecule has 0 radical (unpaired) electrons. The Labute approximate surface area is 154 Å². The molecule has 0 saturated carbocycles. The summed E-state index contributed by atoms with van der Waals surface area (Å²) in [5.74, 6) is 7.48. The molecule has 0 aliphatic rings. The Morgan fingerprint density at radius 1 is 1.27 bits per heavy atom. The number of nitrogens with zero attached hydrogens (tertiary/aromatic N) is 4. The van der Waals surface area contributed by atoms with Gasteiger partial charge in [-0.1, -0.05) is 42.1 Å². The van der Waals surface area contributed by atoms with Crippen LogP contribution in [-0.4, -0.2) is 33.3 Å². The maximum absolute atomic E-state index is 9.75. The zero-order chi connectivity index (χ0) is 18.4. The van der Waals surface area contributed by atoms with Gasteiger partial charge in [-0.3, -0.25) is 0 Å². The zero-order valence-corrected chi connectivity index (χ0v) is 14.8. The van der Waals surface area contributed by atoms with E-state index in [1.165, 1.54) is 35.3 Å². The second kappa shape index (κ2) is 8.26. The molecule has 0 saturated heterocycles. The van der Waals surface area contributed by atoms with Crippen molar-refractivity contribution in [3.05, 3.63) is 59.7 Å². The van der Waals surface area contributed by atoms with E-state index in [2.05, 4.69) is 20.7 Å². The zero-order valence-electron chi connectivity index (χ0n) is 14.0. The molecule has 2 aromatic carbocycles. The molecule has 0 bridgehead atoms. The van der Waals surface area contributed by atoms with Gasteiger partial charge in [0.05, 0.1) is 13.3 Å². The fourth-order valence-corrected chi connectivity index (χ4v) is 2.94. The molecule has 0 spiro atoms. The van der Waals surface area contributed by atoms with E-state index in [0.29, 0.717) is 22.4 Å². The summed E-state index contributed by atoms with van der Waals surface area (Å²) in [7, 11) is 1.49. The summed E-state index contributed by atoms with van der Waals surface area (Å²) >= 11 is 1.48. The number of anilines is 1. The first-order chi connectivity index (χ1) is 12.7. The van der Waals surface area contributed by atoms with E-state index in [1.54, 1.807) is 18.2 Å². The molecule has 0 fully saturated rings. The Morgan fingerprint density at radius 2 is 2.08 bits per heavy atom. The van der Waals surface area contributed by atoms with Gasteiger partial charge in [0.1, 0.15) is 0 Å². The van der Waals surface area contributed by atoms with Crippen molar-refractivity contribution in [1.29, 1.82) is 0 Å². The van der Waals surface area contributed by atoms with Gasteiger partial charge in [-0.2, -0.15) is 5.10 Å². The Morgan fingerprint density at radius 3 is 2.81 bits per heavy atom. The van der Waals surface area contributed by atoms with Crippen LogP contribution in [0.1, 0.15) is 11.1 Å². The molecule has 1 aromatic heterocycles. The molecule has 3 aromatic rings. The Bertz CT molecular complexity index is 898. The minimum atomic E-state index is 0.0399. The first-order valence-electron chi connectivity index (χ1n) is 7.70. The normalized spacial score (nSPS) is 11.0. The summed E-state index contributed by atoms with van der Waals surface area (Å²) in [6.07, 6.45) is 1.53. The highest BCUT2D eigenvalue weighted by Gasteiger charge is 2.09. The average Bonchev–Trinajstić information content (AvgIpc) is 3.01. The SMILES string of the molecule is COc1ccc(/C=N/Nc2nnc(SCc3ccccc3)n2N)cc1O. The van der Waals surface area contributed by atoms with Crippen molar-refractivity contribution in [2.45, 2.75) is 10.9 Å². The van der Waals surface area contributed by atoms with Crippen molar-refractivity contribution < 1.29 is 9.84 Å². The van der Waals surface area contributed by atoms with Crippen molar-refractivity contribution in [2.75, 3.05) is 18.4 Å². The van der Waals surface area contributed by atoms with Gasteiger partial charge in [0, 0.05) is 5.75 Å². The predicted octanol–water partition coefficient (Wildman–Crippen LogP) is 2.44.